The summed E-state index contributed by atoms with van der Waals surface area (Å²) in [4.78, 5) is 28.7. The number of pyridine rings is 1. The van der Waals surface area contributed by atoms with Gasteiger partial charge in [-0.05, 0) is 18.6 Å². The van der Waals surface area contributed by atoms with Crippen molar-refractivity contribution in [3.05, 3.63) is 23.9 Å². The van der Waals surface area contributed by atoms with E-state index in [0.717, 1.165) is 12.8 Å². The number of rotatable bonds is 3. The van der Waals surface area contributed by atoms with Crippen molar-refractivity contribution in [2.45, 2.75) is 19.8 Å². The minimum atomic E-state index is -0.447. The molecule has 1 aliphatic rings. The Labute approximate surface area is 87.9 Å². The van der Waals surface area contributed by atoms with E-state index in [4.69, 9.17) is 0 Å². The zero-order valence-electron chi connectivity index (χ0n) is 8.56. The molecule has 4 heteroatoms. The van der Waals surface area contributed by atoms with Crippen LogP contribution >= 0.6 is 0 Å². The van der Waals surface area contributed by atoms with Gasteiger partial charge in [-0.3, -0.25) is 14.5 Å². The first-order valence-electron chi connectivity index (χ1n) is 5.07. The maximum Gasteiger partial charge on any atom is 0.300 e. The van der Waals surface area contributed by atoms with E-state index in [1.165, 1.54) is 4.90 Å². The zero-order chi connectivity index (χ0) is 10.8. The molecule has 0 fully saturated rings. The lowest BCUT2D eigenvalue weighted by Crippen LogP contribution is -2.30. The van der Waals surface area contributed by atoms with Gasteiger partial charge in [-0.2, -0.15) is 0 Å². The van der Waals surface area contributed by atoms with Gasteiger partial charge in [0.2, 0.25) is 0 Å². The third-order valence-corrected chi connectivity index (χ3v) is 2.46. The monoisotopic (exact) mass is 204 g/mol. The number of carbonyl (C=O) groups is 2. The zero-order valence-corrected chi connectivity index (χ0v) is 8.56. The van der Waals surface area contributed by atoms with Crippen LogP contribution in [-0.2, 0) is 4.79 Å². The molecule has 0 aliphatic carbocycles. The fraction of sp³-hybridized carbons (Fsp3) is 0.364. The van der Waals surface area contributed by atoms with Crippen molar-refractivity contribution in [2.75, 3.05) is 11.4 Å². The predicted octanol–water partition coefficient (Wildman–Crippen LogP) is 1.41. The van der Waals surface area contributed by atoms with Gasteiger partial charge < -0.3 is 0 Å². The standard InChI is InChI=1S/C11H12N2O2/c1-2-3-7-13-10-8(5-4-6-12-10)9(14)11(13)15/h4-6H,2-3,7H2,1H3. The van der Waals surface area contributed by atoms with Gasteiger partial charge in [-0.25, -0.2) is 4.98 Å². The van der Waals surface area contributed by atoms with E-state index >= 15 is 0 Å². The van der Waals surface area contributed by atoms with E-state index in [1.807, 2.05) is 6.92 Å². The van der Waals surface area contributed by atoms with Gasteiger partial charge in [0.25, 0.3) is 5.78 Å². The molecule has 2 rings (SSSR count). The first-order chi connectivity index (χ1) is 7.25. The Morgan fingerprint density at radius 2 is 2.20 bits per heavy atom. The van der Waals surface area contributed by atoms with Gasteiger partial charge in [-0.1, -0.05) is 13.3 Å². The molecule has 0 spiro atoms. The van der Waals surface area contributed by atoms with Crippen LogP contribution < -0.4 is 4.90 Å². The number of amides is 1. The van der Waals surface area contributed by atoms with Gasteiger partial charge >= 0.3 is 5.91 Å². The molecule has 0 bridgehead atoms. The largest absolute Gasteiger partial charge is 0.300 e. The van der Waals surface area contributed by atoms with Crippen molar-refractivity contribution in [1.29, 1.82) is 0 Å². The number of unbranched alkanes of at least 4 members (excludes halogenated alkanes) is 1. The summed E-state index contributed by atoms with van der Waals surface area (Å²) in [6, 6.07) is 3.32. The highest BCUT2D eigenvalue weighted by Gasteiger charge is 2.36. The maximum atomic E-state index is 11.6. The number of anilines is 1. The molecular formula is C11H12N2O2. The molecule has 1 aliphatic heterocycles. The molecule has 1 aromatic heterocycles. The van der Waals surface area contributed by atoms with Crippen LogP contribution in [-0.4, -0.2) is 23.2 Å². The molecule has 2 heterocycles. The van der Waals surface area contributed by atoms with Crippen molar-refractivity contribution >= 4 is 17.5 Å². The number of nitrogens with zero attached hydrogens (tertiary/aromatic N) is 2. The molecule has 0 radical (unpaired) electrons. The van der Waals surface area contributed by atoms with Crippen LogP contribution in [0, 0.1) is 0 Å². The Morgan fingerprint density at radius 3 is 2.93 bits per heavy atom. The number of Topliss-reactive ketones (excluding diaryl/α,β-unsaturated/α-hetero) is 1. The van der Waals surface area contributed by atoms with Crippen molar-refractivity contribution in [1.82, 2.24) is 4.98 Å². The van der Waals surface area contributed by atoms with Crippen molar-refractivity contribution in [3.8, 4) is 0 Å². The molecule has 0 saturated heterocycles. The minimum absolute atomic E-state index is 0.429. The van der Waals surface area contributed by atoms with Crippen LogP contribution in [0.1, 0.15) is 30.1 Å². The highest BCUT2D eigenvalue weighted by atomic mass is 16.2. The Morgan fingerprint density at radius 1 is 1.40 bits per heavy atom. The van der Waals surface area contributed by atoms with E-state index < -0.39 is 11.7 Å². The predicted molar refractivity (Wildman–Crippen MR) is 55.8 cm³/mol. The summed E-state index contributed by atoms with van der Waals surface area (Å²) < 4.78 is 0. The Hall–Kier alpha value is -1.71. The molecule has 0 saturated carbocycles. The van der Waals surface area contributed by atoms with Crippen molar-refractivity contribution in [2.24, 2.45) is 0 Å². The summed E-state index contributed by atoms with van der Waals surface area (Å²) >= 11 is 0. The van der Waals surface area contributed by atoms with Crippen LogP contribution in [0.25, 0.3) is 0 Å². The number of hydrogen-bond donors (Lipinski definition) is 0. The topological polar surface area (TPSA) is 50.3 Å². The van der Waals surface area contributed by atoms with Crippen LogP contribution in [0.3, 0.4) is 0 Å². The van der Waals surface area contributed by atoms with Gasteiger partial charge in [-0.15, -0.1) is 0 Å². The number of ketones is 1. The lowest BCUT2D eigenvalue weighted by Gasteiger charge is -2.13. The second-order valence-corrected chi connectivity index (χ2v) is 3.51. The van der Waals surface area contributed by atoms with E-state index in [2.05, 4.69) is 4.98 Å². The number of carbonyl (C=O) groups excluding carboxylic acids is 2. The normalized spacial score (nSPS) is 14.6. The summed E-state index contributed by atoms with van der Waals surface area (Å²) in [5.74, 6) is -0.368. The molecule has 1 aromatic rings. The lowest BCUT2D eigenvalue weighted by molar-refractivity contribution is -0.114. The molecule has 4 nitrogen and oxygen atoms in total. The first-order valence-corrected chi connectivity index (χ1v) is 5.07. The maximum absolute atomic E-state index is 11.6. The summed E-state index contributed by atoms with van der Waals surface area (Å²) in [6.45, 7) is 2.62. The van der Waals surface area contributed by atoms with Crippen LogP contribution in [0.5, 0.6) is 0 Å². The fourth-order valence-electron chi connectivity index (χ4n) is 1.65. The summed E-state index contributed by atoms with van der Waals surface area (Å²) in [6.07, 6.45) is 3.47. The third kappa shape index (κ3) is 1.52. The summed E-state index contributed by atoms with van der Waals surface area (Å²) in [7, 11) is 0. The molecule has 0 unspecified atom stereocenters. The van der Waals surface area contributed by atoms with E-state index in [9.17, 15) is 9.59 Å². The average molecular weight is 204 g/mol. The van der Waals surface area contributed by atoms with Gasteiger partial charge in [0.05, 0.1) is 5.56 Å². The van der Waals surface area contributed by atoms with Gasteiger partial charge in [0, 0.05) is 12.7 Å². The Kier molecular flexibility index (Phi) is 2.49. The summed E-state index contributed by atoms with van der Waals surface area (Å²) in [5, 5.41) is 0. The molecular weight excluding hydrogens is 192 g/mol. The molecule has 0 N–H and O–H groups in total. The lowest BCUT2D eigenvalue weighted by atomic mass is 10.2. The third-order valence-electron chi connectivity index (χ3n) is 2.46. The Balaban J connectivity index is 2.34. The van der Waals surface area contributed by atoms with E-state index in [1.54, 1.807) is 18.3 Å². The van der Waals surface area contributed by atoms with E-state index in [-0.39, 0.29) is 0 Å². The molecule has 1 amide bonds. The smallest absolute Gasteiger partial charge is 0.289 e. The van der Waals surface area contributed by atoms with Gasteiger partial charge in [0.1, 0.15) is 5.82 Å². The van der Waals surface area contributed by atoms with Crippen molar-refractivity contribution in [3.63, 3.8) is 0 Å². The average Bonchev–Trinajstić information content (AvgIpc) is 2.51. The van der Waals surface area contributed by atoms with Gasteiger partial charge in [0.15, 0.2) is 0 Å². The minimum Gasteiger partial charge on any atom is -0.289 e. The SMILES string of the molecule is CCCCN1C(=O)C(=O)c2cccnc21. The molecule has 0 atom stereocenters. The molecule has 15 heavy (non-hydrogen) atoms. The first kappa shape index (κ1) is 9.83. The second kappa shape index (κ2) is 3.81. The van der Waals surface area contributed by atoms with E-state index in [0.29, 0.717) is 17.9 Å². The molecule has 78 valence electrons. The summed E-state index contributed by atoms with van der Waals surface area (Å²) in [5.41, 5.74) is 0.429. The highest BCUT2D eigenvalue weighted by Crippen LogP contribution is 2.25. The Bertz CT molecular complexity index is 415. The number of fused-ring (bicyclic) bond motifs is 1. The number of aromatic nitrogens is 1. The van der Waals surface area contributed by atoms with Crippen molar-refractivity contribution < 1.29 is 9.59 Å². The highest BCUT2D eigenvalue weighted by molar-refractivity contribution is 6.51. The molecule has 0 aromatic carbocycles. The van der Waals surface area contributed by atoms with Crippen LogP contribution in [0.15, 0.2) is 18.3 Å². The number of hydrogen-bond acceptors (Lipinski definition) is 3. The van der Waals surface area contributed by atoms with Crippen LogP contribution in [0.2, 0.25) is 0 Å². The quantitative estimate of drug-likeness (QED) is 0.699. The second-order valence-electron chi connectivity index (χ2n) is 3.51. The van der Waals surface area contributed by atoms with Crippen LogP contribution in [0.4, 0.5) is 5.82 Å². The fourth-order valence-corrected chi connectivity index (χ4v) is 1.65.